The molecule has 0 aliphatic heterocycles. The Morgan fingerprint density at radius 3 is 2.29 bits per heavy atom. The second-order valence-corrected chi connectivity index (χ2v) is 11.5. The number of hydrogen-bond donors (Lipinski definition) is 6. The fourth-order valence-corrected chi connectivity index (χ4v) is 6.86. The van der Waals surface area contributed by atoms with Crippen molar-refractivity contribution in [3.05, 3.63) is 86.9 Å². The maximum atomic E-state index is 14.0. The Morgan fingerprint density at radius 1 is 1.07 bits per heavy atom. The van der Waals surface area contributed by atoms with E-state index in [1.807, 2.05) is 24.3 Å². The number of Topliss-reactive ketones (excluding diaryl/α,β-unsaturated/α-hetero) is 2. The number of likely N-dealkylation sites (N-methyl/N-ethyl adjacent to an activating group) is 1. The van der Waals surface area contributed by atoms with Crippen LogP contribution in [0.4, 0.5) is 0 Å². The molecule has 0 aromatic heterocycles. The zero-order valence-electron chi connectivity index (χ0n) is 23.1. The predicted molar refractivity (Wildman–Crippen MR) is 155 cm³/mol. The van der Waals surface area contributed by atoms with Crippen LogP contribution in [0.3, 0.4) is 0 Å². The van der Waals surface area contributed by atoms with Crippen molar-refractivity contribution in [2.75, 3.05) is 14.1 Å². The maximum Gasteiger partial charge on any atom is 0.255 e. The van der Waals surface area contributed by atoms with E-state index in [2.05, 4.69) is 0 Å². The van der Waals surface area contributed by atoms with E-state index in [0.29, 0.717) is 17.0 Å². The van der Waals surface area contributed by atoms with Gasteiger partial charge in [-0.15, -0.1) is 11.6 Å². The molecule has 42 heavy (non-hydrogen) atoms. The van der Waals surface area contributed by atoms with Gasteiger partial charge >= 0.3 is 0 Å². The number of phenols is 1. The number of ketones is 2. The van der Waals surface area contributed by atoms with Crippen molar-refractivity contribution < 1.29 is 39.9 Å². The van der Waals surface area contributed by atoms with E-state index in [-0.39, 0.29) is 11.3 Å². The van der Waals surface area contributed by atoms with E-state index in [4.69, 9.17) is 17.3 Å². The van der Waals surface area contributed by atoms with Gasteiger partial charge in [-0.25, -0.2) is 0 Å². The fraction of sp³-hybridized carbons (Fsp3) is 0.323. The van der Waals surface area contributed by atoms with E-state index in [1.165, 1.54) is 19.0 Å². The number of rotatable bonds is 5. The first-order chi connectivity index (χ1) is 19.8. The van der Waals surface area contributed by atoms with Gasteiger partial charge in [-0.05, 0) is 36.7 Å². The SMILES string of the molecule is C[C@H]1c2ccc(/C=C/c3ccc(CCl)cc3)c(O)c2C(=O)C2=C(O)[C@]3(O)C(=O)C(C(N)=O)=C(O)[C@@H](N(C)C)[C@@H]3[C@H](O)[C@H]21. The van der Waals surface area contributed by atoms with E-state index < -0.39 is 75.6 Å². The number of amides is 1. The second-order valence-electron chi connectivity index (χ2n) is 11.2. The van der Waals surface area contributed by atoms with Crippen LogP contribution in [0.2, 0.25) is 0 Å². The molecule has 1 amide bonds. The third-order valence-corrected chi connectivity index (χ3v) is 9.06. The third-order valence-electron chi connectivity index (χ3n) is 8.75. The summed E-state index contributed by atoms with van der Waals surface area (Å²) < 4.78 is 0. The summed E-state index contributed by atoms with van der Waals surface area (Å²) in [6.45, 7) is 1.68. The molecule has 0 radical (unpaired) electrons. The van der Waals surface area contributed by atoms with Crippen LogP contribution in [-0.4, -0.2) is 79.7 Å². The van der Waals surface area contributed by atoms with Crippen LogP contribution in [0, 0.1) is 11.8 Å². The number of alkyl halides is 1. The molecule has 220 valence electrons. The summed E-state index contributed by atoms with van der Waals surface area (Å²) in [6, 6.07) is 9.38. The van der Waals surface area contributed by atoms with Crippen molar-refractivity contribution in [3.8, 4) is 5.75 Å². The maximum absolute atomic E-state index is 14.0. The highest BCUT2D eigenvalue weighted by Crippen LogP contribution is 2.55. The van der Waals surface area contributed by atoms with Crippen molar-refractivity contribution in [1.82, 2.24) is 4.90 Å². The highest BCUT2D eigenvalue weighted by atomic mass is 35.5. The van der Waals surface area contributed by atoms with Gasteiger partial charge in [0.25, 0.3) is 5.91 Å². The Labute approximate surface area is 246 Å². The van der Waals surface area contributed by atoms with Gasteiger partial charge in [0.1, 0.15) is 22.8 Å². The number of nitrogens with two attached hydrogens (primary N) is 1. The molecule has 0 saturated heterocycles. The number of aliphatic hydroxyl groups excluding tert-OH is 3. The molecule has 7 N–H and O–H groups in total. The predicted octanol–water partition coefficient (Wildman–Crippen LogP) is 2.56. The van der Waals surface area contributed by atoms with Gasteiger partial charge in [0.2, 0.25) is 5.78 Å². The topological polar surface area (TPSA) is 182 Å². The highest BCUT2D eigenvalue weighted by molar-refractivity contribution is 6.25. The first-order valence-corrected chi connectivity index (χ1v) is 13.8. The quantitative estimate of drug-likeness (QED) is 0.172. The molecule has 0 bridgehead atoms. The molecule has 11 heteroatoms. The molecule has 3 aliphatic carbocycles. The van der Waals surface area contributed by atoms with E-state index in [0.717, 1.165) is 11.1 Å². The fourth-order valence-electron chi connectivity index (χ4n) is 6.68. The Morgan fingerprint density at radius 2 is 1.71 bits per heavy atom. The van der Waals surface area contributed by atoms with Gasteiger partial charge in [-0.2, -0.15) is 0 Å². The van der Waals surface area contributed by atoms with Crippen LogP contribution in [0.1, 0.15) is 45.5 Å². The lowest BCUT2D eigenvalue weighted by Gasteiger charge is -2.53. The third kappa shape index (κ3) is 4.09. The summed E-state index contributed by atoms with van der Waals surface area (Å²) in [4.78, 5) is 41.0. The molecule has 0 heterocycles. The summed E-state index contributed by atoms with van der Waals surface area (Å²) in [7, 11) is 2.98. The average Bonchev–Trinajstić information content (AvgIpc) is 2.94. The summed E-state index contributed by atoms with van der Waals surface area (Å²) >= 11 is 5.85. The van der Waals surface area contributed by atoms with Gasteiger partial charge in [0.15, 0.2) is 11.4 Å². The van der Waals surface area contributed by atoms with E-state index in [1.54, 1.807) is 31.2 Å². The lowest BCUT2D eigenvalue weighted by molar-refractivity contribution is -0.162. The Hall–Kier alpha value is -3.96. The first kappa shape index (κ1) is 29.5. The molecular weight excluding hydrogens is 564 g/mol. The van der Waals surface area contributed by atoms with Crippen molar-refractivity contribution in [3.63, 3.8) is 0 Å². The van der Waals surface area contributed by atoms with E-state index >= 15 is 0 Å². The minimum atomic E-state index is -2.95. The number of carbonyl (C=O) groups is 3. The van der Waals surface area contributed by atoms with Crippen LogP contribution in [-0.2, 0) is 15.5 Å². The monoisotopic (exact) mass is 594 g/mol. The van der Waals surface area contributed by atoms with Crippen LogP contribution >= 0.6 is 11.6 Å². The van der Waals surface area contributed by atoms with Crippen LogP contribution in [0.25, 0.3) is 12.2 Å². The number of benzene rings is 2. The molecule has 6 atom stereocenters. The van der Waals surface area contributed by atoms with Gasteiger partial charge in [-0.1, -0.05) is 55.5 Å². The van der Waals surface area contributed by atoms with Crippen LogP contribution < -0.4 is 5.73 Å². The van der Waals surface area contributed by atoms with Crippen molar-refractivity contribution >= 4 is 41.2 Å². The van der Waals surface area contributed by atoms with Gasteiger partial charge in [0.05, 0.1) is 23.6 Å². The normalized spacial score (nSPS) is 29.2. The minimum Gasteiger partial charge on any atom is -0.510 e. The Balaban J connectivity index is 1.66. The molecule has 2 aromatic carbocycles. The number of nitrogens with zero attached hydrogens (tertiary/aromatic N) is 1. The van der Waals surface area contributed by atoms with Crippen LogP contribution in [0.5, 0.6) is 5.75 Å². The molecule has 0 spiro atoms. The summed E-state index contributed by atoms with van der Waals surface area (Å²) in [6.07, 6.45) is 1.71. The smallest absolute Gasteiger partial charge is 0.255 e. The Bertz CT molecular complexity index is 1610. The average molecular weight is 595 g/mol. The number of aromatic hydroxyl groups is 1. The molecule has 10 nitrogen and oxygen atoms in total. The molecule has 0 unspecified atom stereocenters. The first-order valence-electron chi connectivity index (χ1n) is 13.3. The number of phenolic OH excluding ortho intramolecular Hbond substituents is 1. The van der Waals surface area contributed by atoms with E-state index in [9.17, 15) is 39.9 Å². The van der Waals surface area contributed by atoms with Gasteiger partial charge < -0.3 is 31.3 Å². The summed E-state index contributed by atoms with van der Waals surface area (Å²) in [5, 5.41) is 57.1. The standard InChI is InChI=1S/C31H31ClN2O8/c1-13-17-11-10-16(9-8-14-4-6-15(12-32)7-5-14)24(35)19(17)25(36)20-18(13)26(37)22-23(34(2)3)27(38)21(30(33)41)29(40)31(22,42)28(20)39/h4-11,13,18,22-23,26,35,37-39,42H,12H2,1-3H3,(H2,33,41)/b9-8+/t13-,18-,22+,23-,26+,31-/m0/s1. The van der Waals surface area contributed by atoms with Crippen molar-refractivity contribution in [1.29, 1.82) is 0 Å². The minimum absolute atomic E-state index is 0.143. The highest BCUT2D eigenvalue weighted by Gasteiger charge is 2.67. The van der Waals surface area contributed by atoms with Crippen molar-refractivity contribution in [2.45, 2.75) is 36.5 Å². The molecule has 0 saturated carbocycles. The van der Waals surface area contributed by atoms with Crippen LogP contribution in [0.15, 0.2) is 59.1 Å². The number of aliphatic hydroxyl groups is 4. The number of primary amides is 1. The number of halogens is 1. The lowest BCUT2D eigenvalue weighted by Crippen LogP contribution is -2.68. The number of carbonyl (C=O) groups excluding carboxylic acids is 3. The molecule has 0 fully saturated rings. The van der Waals surface area contributed by atoms with Crippen molar-refractivity contribution in [2.24, 2.45) is 17.6 Å². The summed E-state index contributed by atoms with van der Waals surface area (Å²) in [5.41, 5.74) is 3.32. The zero-order chi connectivity index (χ0) is 30.8. The summed E-state index contributed by atoms with van der Waals surface area (Å²) in [5.74, 6) is -8.81. The van der Waals surface area contributed by atoms with Gasteiger partial charge in [-0.3, -0.25) is 19.3 Å². The molecule has 5 rings (SSSR count). The number of hydrogen-bond acceptors (Lipinski definition) is 9. The lowest BCUT2D eigenvalue weighted by atomic mass is 9.55. The largest absolute Gasteiger partial charge is 0.510 e. The van der Waals surface area contributed by atoms with Gasteiger partial charge in [0, 0.05) is 22.9 Å². The number of fused-ring (bicyclic) bond motifs is 3. The molecule has 2 aromatic rings. The molecular formula is C31H31ClN2O8. The molecule has 3 aliphatic rings. The second kappa shape index (κ2) is 10.4. The zero-order valence-corrected chi connectivity index (χ0v) is 23.8. The Kier molecular flexibility index (Phi) is 7.31.